The van der Waals surface area contributed by atoms with Crippen LogP contribution in [0.3, 0.4) is 0 Å². The first-order valence-electron chi connectivity index (χ1n) is 9.46. The molecule has 2 heterocycles. The summed E-state index contributed by atoms with van der Waals surface area (Å²) in [6.07, 6.45) is -5.51. The van der Waals surface area contributed by atoms with Crippen molar-refractivity contribution < 1.29 is 32.2 Å². The Morgan fingerprint density at radius 3 is 2.47 bits per heavy atom. The number of benzene rings is 2. The van der Waals surface area contributed by atoms with Crippen molar-refractivity contribution in [2.75, 3.05) is 37.7 Å². The summed E-state index contributed by atoms with van der Waals surface area (Å²) in [5.74, 6) is -0.582. The molecule has 0 bridgehead atoms. The maximum atomic E-state index is 13.1. The molecule has 0 unspecified atom stereocenters. The van der Waals surface area contributed by atoms with Gasteiger partial charge in [0, 0.05) is 18.7 Å². The number of para-hydroxylation sites is 2. The number of nitrogens with zero attached hydrogens (tertiary/aromatic N) is 2. The first-order chi connectivity index (χ1) is 14.3. The molecule has 4 rings (SSSR count). The molecule has 2 amide bonds. The first-order valence-corrected chi connectivity index (χ1v) is 9.46. The smallest absolute Gasteiger partial charge is 0.416 e. The van der Waals surface area contributed by atoms with Crippen LogP contribution in [0.25, 0.3) is 0 Å². The second kappa shape index (κ2) is 7.98. The molecule has 0 aromatic heterocycles. The SMILES string of the molecule is O=C([C@H]1CN(C(=O)c2cccc(C(F)(F)F)c2)c2ccccc2O1)N1CCOCC1. The van der Waals surface area contributed by atoms with Crippen molar-refractivity contribution in [3.05, 3.63) is 59.7 Å². The topological polar surface area (TPSA) is 59.1 Å². The van der Waals surface area contributed by atoms with Crippen LogP contribution in [0.15, 0.2) is 48.5 Å². The summed E-state index contributed by atoms with van der Waals surface area (Å²) in [7, 11) is 0. The number of fused-ring (bicyclic) bond motifs is 1. The number of hydrogen-bond acceptors (Lipinski definition) is 4. The monoisotopic (exact) mass is 420 g/mol. The van der Waals surface area contributed by atoms with E-state index in [1.807, 2.05) is 0 Å². The summed E-state index contributed by atoms with van der Waals surface area (Å²) in [5, 5.41) is 0. The minimum Gasteiger partial charge on any atom is -0.476 e. The van der Waals surface area contributed by atoms with Crippen LogP contribution in [0, 0.1) is 0 Å². The van der Waals surface area contributed by atoms with Crippen molar-refractivity contribution in [2.45, 2.75) is 12.3 Å². The average Bonchev–Trinajstić information content (AvgIpc) is 2.77. The zero-order valence-electron chi connectivity index (χ0n) is 15.9. The summed E-state index contributed by atoms with van der Waals surface area (Å²) in [6, 6.07) is 10.9. The van der Waals surface area contributed by atoms with Crippen molar-refractivity contribution in [1.82, 2.24) is 4.90 Å². The van der Waals surface area contributed by atoms with E-state index in [1.54, 1.807) is 29.2 Å². The highest BCUT2D eigenvalue weighted by atomic mass is 19.4. The minimum absolute atomic E-state index is 0.0950. The highest BCUT2D eigenvalue weighted by Gasteiger charge is 2.37. The molecule has 0 saturated carbocycles. The molecule has 0 spiro atoms. The molecule has 158 valence electrons. The van der Waals surface area contributed by atoms with Gasteiger partial charge >= 0.3 is 6.18 Å². The van der Waals surface area contributed by atoms with Gasteiger partial charge in [-0.15, -0.1) is 0 Å². The van der Waals surface area contributed by atoms with Gasteiger partial charge in [-0.25, -0.2) is 0 Å². The van der Waals surface area contributed by atoms with E-state index < -0.39 is 23.8 Å². The number of carbonyl (C=O) groups is 2. The van der Waals surface area contributed by atoms with Gasteiger partial charge in [0.1, 0.15) is 5.75 Å². The summed E-state index contributed by atoms with van der Waals surface area (Å²) >= 11 is 0. The van der Waals surface area contributed by atoms with Gasteiger partial charge in [-0.3, -0.25) is 9.59 Å². The predicted octanol–water partition coefficient (Wildman–Crippen LogP) is 2.97. The summed E-state index contributed by atoms with van der Waals surface area (Å²) in [5.41, 5.74) is -0.610. The van der Waals surface area contributed by atoms with Crippen LogP contribution < -0.4 is 9.64 Å². The molecule has 6 nitrogen and oxygen atoms in total. The quantitative estimate of drug-likeness (QED) is 0.750. The Balaban J connectivity index is 1.64. The van der Waals surface area contributed by atoms with E-state index >= 15 is 0 Å². The van der Waals surface area contributed by atoms with Gasteiger partial charge in [0.15, 0.2) is 6.10 Å². The van der Waals surface area contributed by atoms with Crippen LogP contribution in [0.4, 0.5) is 18.9 Å². The minimum atomic E-state index is -4.56. The van der Waals surface area contributed by atoms with Crippen molar-refractivity contribution in [3.63, 3.8) is 0 Å². The number of carbonyl (C=O) groups excluding carboxylic acids is 2. The standard InChI is InChI=1S/C21H19F3N2O4/c22-21(23,24)15-5-3-4-14(12-15)19(27)26-13-18(20(28)25-8-10-29-11-9-25)30-17-7-2-1-6-16(17)26/h1-7,12,18H,8-11,13H2/t18-/m1/s1. The van der Waals surface area contributed by atoms with E-state index in [1.165, 1.54) is 17.0 Å². The molecule has 2 aliphatic heterocycles. The van der Waals surface area contributed by atoms with Gasteiger partial charge in [0.05, 0.1) is 31.0 Å². The van der Waals surface area contributed by atoms with Crippen LogP contribution >= 0.6 is 0 Å². The molecule has 30 heavy (non-hydrogen) atoms. The van der Waals surface area contributed by atoms with Gasteiger partial charge in [-0.2, -0.15) is 13.2 Å². The lowest BCUT2D eigenvalue weighted by molar-refractivity contribution is -0.142. The van der Waals surface area contributed by atoms with Crippen LogP contribution in [0.1, 0.15) is 15.9 Å². The highest BCUT2D eigenvalue weighted by molar-refractivity contribution is 6.08. The molecule has 0 aliphatic carbocycles. The van der Waals surface area contributed by atoms with E-state index in [0.717, 1.165) is 12.1 Å². The average molecular weight is 420 g/mol. The molecular weight excluding hydrogens is 401 g/mol. The fraction of sp³-hybridized carbons (Fsp3) is 0.333. The number of morpholine rings is 1. The van der Waals surface area contributed by atoms with Crippen LogP contribution in [0.5, 0.6) is 5.75 Å². The second-order valence-corrected chi connectivity index (χ2v) is 7.01. The lowest BCUT2D eigenvalue weighted by Gasteiger charge is -2.37. The second-order valence-electron chi connectivity index (χ2n) is 7.01. The Kier molecular flexibility index (Phi) is 5.38. The van der Waals surface area contributed by atoms with E-state index in [4.69, 9.17) is 9.47 Å². The van der Waals surface area contributed by atoms with Gasteiger partial charge in [0.2, 0.25) is 0 Å². The van der Waals surface area contributed by atoms with Gasteiger partial charge < -0.3 is 19.3 Å². The summed E-state index contributed by atoms with van der Waals surface area (Å²) < 4.78 is 50.3. The number of alkyl halides is 3. The highest BCUT2D eigenvalue weighted by Crippen LogP contribution is 2.35. The summed E-state index contributed by atoms with van der Waals surface area (Å²) in [6.45, 7) is 1.58. The molecule has 0 radical (unpaired) electrons. The van der Waals surface area contributed by atoms with Crippen molar-refractivity contribution >= 4 is 17.5 Å². The van der Waals surface area contributed by atoms with Gasteiger partial charge in [0.25, 0.3) is 11.8 Å². The molecule has 9 heteroatoms. The molecule has 1 saturated heterocycles. The predicted molar refractivity (Wildman–Crippen MR) is 101 cm³/mol. The van der Waals surface area contributed by atoms with E-state index in [0.29, 0.717) is 37.7 Å². The van der Waals surface area contributed by atoms with Crippen molar-refractivity contribution in [2.24, 2.45) is 0 Å². The molecule has 1 fully saturated rings. The normalized spacial score (nSPS) is 19.1. The molecule has 1 atom stereocenters. The third kappa shape index (κ3) is 3.97. The Hall–Kier alpha value is -3.07. The first kappa shape index (κ1) is 20.2. The number of halogens is 3. The van der Waals surface area contributed by atoms with Crippen molar-refractivity contribution in [1.29, 1.82) is 0 Å². The lowest BCUT2D eigenvalue weighted by atomic mass is 10.1. The van der Waals surface area contributed by atoms with E-state index in [2.05, 4.69) is 0 Å². The molecular formula is C21H19F3N2O4. The maximum absolute atomic E-state index is 13.1. The Morgan fingerprint density at radius 1 is 1.00 bits per heavy atom. The Bertz CT molecular complexity index is 957. The number of anilines is 1. The number of amides is 2. The fourth-order valence-corrected chi connectivity index (χ4v) is 3.53. The van der Waals surface area contributed by atoms with Crippen LogP contribution in [0.2, 0.25) is 0 Å². The Morgan fingerprint density at radius 2 is 1.73 bits per heavy atom. The zero-order valence-corrected chi connectivity index (χ0v) is 15.9. The van der Waals surface area contributed by atoms with Gasteiger partial charge in [-0.05, 0) is 30.3 Å². The number of rotatable bonds is 2. The van der Waals surface area contributed by atoms with E-state index in [-0.39, 0.29) is 18.0 Å². The fourth-order valence-electron chi connectivity index (χ4n) is 3.53. The molecule has 0 N–H and O–H groups in total. The van der Waals surface area contributed by atoms with Crippen LogP contribution in [-0.4, -0.2) is 55.7 Å². The third-order valence-electron chi connectivity index (χ3n) is 5.05. The lowest BCUT2D eigenvalue weighted by Crippen LogP contribution is -2.54. The molecule has 2 aromatic carbocycles. The van der Waals surface area contributed by atoms with Crippen molar-refractivity contribution in [3.8, 4) is 5.75 Å². The Labute approximate surface area is 170 Å². The zero-order chi connectivity index (χ0) is 21.3. The largest absolute Gasteiger partial charge is 0.476 e. The third-order valence-corrected chi connectivity index (χ3v) is 5.05. The number of ether oxygens (including phenoxy) is 2. The molecule has 2 aliphatic rings. The maximum Gasteiger partial charge on any atom is 0.416 e. The van der Waals surface area contributed by atoms with E-state index in [9.17, 15) is 22.8 Å². The number of hydrogen-bond donors (Lipinski definition) is 0. The summed E-state index contributed by atoms with van der Waals surface area (Å²) in [4.78, 5) is 29.0. The molecule has 2 aromatic rings. The van der Waals surface area contributed by atoms with Gasteiger partial charge in [-0.1, -0.05) is 18.2 Å². The van der Waals surface area contributed by atoms with Crippen LogP contribution in [-0.2, 0) is 15.7 Å².